The summed E-state index contributed by atoms with van der Waals surface area (Å²) in [5, 5.41) is 3.18. The van der Waals surface area contributed by atoms with Crippen LogP contribution >= 0.6 is 0 Å². The monoisotopic (exact) mass is 391 g/mol. The molecule has 0 heterocycles. The minimum absolute atomic E-state index is 0.295. The number of carbonyl (C=O) groups excluding carboxylic acids is 2. The normalized spacial score (nSPS) is 12.8. The van der Waals surface area contributed by atoms with Gasteiger partial charge in [0.05, 0.1) is 13.7 Å². The summed E-state index contributed by atoms with van der Waals surface area (Å²) in [6, 6.07) is 6.64. The fourth-order valence-corrected chi connectivity index (χ4v) is 3.27. The van der Waals surface area contributed by atoms with E-state index in [0.29, 0.717) is 13.0 Å². The van der Waals surface area contributed by atoms with Crippen LogP contribution in [0.5, 0.6) is 5.75 Å². The Kier molecular flexibility index (Phi) is 12.8. The molecule has 2 unspecified atom stereocenters. The van der Waals surface area contributed by atoms with E-state index in [-0.39, 0.29) is 5.97 Å². The molecule has 2 atom stereocenters. The Morgan fingerprint density at radius 1 is 1.00 bits per heavy atom. The Hall–Kier alpha value is -2.04. The Labute approximate surface area is 170 Å². The highest BCUT2D eigenvalue weighted by Crippen LogP contribution is 2.21. The highest BCUT2D eigenvalue weighted by molar-refractivity contribution is 5.83. The van der Waals surface area contributed by atoms with Gasteiger partial charge in [-0.05, 0) is 37.6 Å². The Balaban J connectivity index is 2.57. The Morgan fingerprint density at radius 2 is 1.61 bits per heavy atom. The highest BCUT2D eigenvalue weighted by Gasteiger charge is 2.29. The summed E-state index contributed by atoms with van der Waals surface area (Å²) in [4.78, 5) is 24.2. The molecular formula is C23H37NO4. The number of ether oxygens (including phenoxy) is 2. The largest absolute Gasteiger partial charge is 0.497 e. The van der Waals surface area contributed by atoms with Crippen molar-refractivity contribution in [3.63, 3.8) is 0 Å². The minimum atomic E-state index is -0.671. The van der Waals surface area contributed by atoms with E-state index >= 15 is 0 Å². The van der Waals surface area contributed by atoms with Crippen LogP contribution in [0.1, 0.15) is 71.6 Å². The van der Waals surface area contributed by atoms with E-state index in [0.717, 1.165) is 30.6 Å². The molecule has 0 aliphatic carbocycles. The van der Waals surface area contributed by atoms with E-state index in [1.165, 1.54) is 38.5 Å². The lowest BCUT2D eigenvalue weighted by Crippen LogP contribution is -2.39. The van der Waals surface area contributed by atoms with Crippen LogP contribution in [0.3, 0.4) is 0 Å². The first-order valence-electron chi connectivity index (χ1n) is 10.7. The predicted molar refractivity (Wildman–Crippen MR) is 114 cm³/mol. The molecule has 1 aromatic rings. The van der Waals surface area contributed by atoms with Crippen LogP contribution < -0.4 is 10.1 Å². The molecule has 0 saturated carbocycles. The summed E-state index contributed by atoms with van der Waals surface area (Å²) >= 11 is 0. The van der Waals surface area contributed by atoms with Crippen LogP contribution in [-0.2, 0) is 14.3 Å². The number of hydrogen-bond donors (Lipinski definition) is 1. The number of carbonyl (C=O) groups is 2. The molecule has 1 N–H and O–H groups in total. The molecule has 0 saturated heterocycles. The maximum absolute atomic E-state index is 12.4. The lowest BCUT2D eigenvalue weighted by atomic mass is 9.93. The first-order chi connectivity index (χ1) is 13.7. The quantitative estimate of drug-likeness (QED) is 0.233. The number of hydrogen-bond acceptors (Lipinski definition) is 5. The smallest absolute Gasteiger partial charge is 0.329 e. The van der Waals surface area contributed by atoms with Gasteiger partial charge in [0.25, 0.3) is 0 Å². The number of rotatable bonds is 16. The molecule has 0 aliphatic heterocycles. The van der Waals surface area contributed by atoms with Gasteiger partial charge in [-0.25, -0.2) is 4.79 Å². The average molecular weight is 392 g/mol. The van der Waals surface area contributed by atoms with Gasteiger partial charge in [0.15, 0.2) is 0 Å². The number of methoxy groups -OCH3 is 1. The van der Waals surface area contributed by atoms with E-state index in [1.54, 1.807) is 14.0 Å². The molecular weight excluding hydrogens is 354 g/mol. The van der Waals surface area contributed by atoms with E-state index in [1.807, 2.05) is 24.3 Å². The summed E-state index contributed by atoms with van der Waals surface area (Å²) in [5.41, 5.74) is 0.765. The van der Waals surface area contributed by atoms with E-state index in [9.17, 15) is 9.59 Å². The van der Waals surface area contributed by atoms with Crippen LogP contribution in [0, 0.1) is 5.92 Å². The van der Waals surface area contributed by atoms with Crippen LogP contribution in [0.25, 0.3) is 0 Å². The van der Waals surface area contributed by atoms with Crippen molar-refractivity contribution in [3.8, 4) is 5.75 Å². The van der Waals surface area contributed by atoms with Gasteiger partial charge in [0, 0.05) is 11.6 Å². The van der Waals surface area contributed by atoms with Crippen molar-refractivity contribution in [2.24, 2.45) is 5.92 Å². The zero-order valence-corrected chi connectivity index (χ0v) is 17.7. The topological polar surface area (TPSA) is 64.6 Å². The number of nitrogens with one attached hydrogen (secondary N) is 1. The molecule has 0 radical (unpaired) electrons. The second-order valence-corrected chi connectivity index (χ2v) is 7.17. The fraction of sp³-hybridized carbons (Fsp3) is 0.652. The fourth-order valence-electron chi connectivity index (χ4n) is 3.27. The molecule has 1 aromatic carbocycles. The van der Waals surface area contributed by atoms with Gasteiger partial charge < -0.3 is 19.6 Å². The van der Waals surface area contributed by atoms with Crippen molar-refractivity contribution >= 4 is 17.9 Å². The van der Waals surface area contributed by atoms with Gasteiger partial charge in [0.1, 0.15) is 18.1 Å². The van der Waals surface area contributed by atoms with E-state index in [4.69, 9.17) is 9.47 Å². The highest BCUT2D eigenvalue weighted by atomic mass is 16.5. The van der Waals surface area contributed by atoms with Crippen LogP contribution in [0.2, 0.25) is 0 Å². The number of benzene rings is 1. The lowest BCUT2D eigenvalue weighted by Gasteiger charge is -2.23. The van der Waals surface area contributed by atoms with E-state index in [2.05, 4.69) is 12.2 Å². The van der Waals surface area contributed by atoms with Crippen LogP contribution in [-0.4, -0.2) is 32.0 Å². The van der Waals surface area contributed by atoms with E-state index < -0.39 is 12.0 Å². The van der Waals surface area contributed by atoms with Crippen molar-refractivity contribution in [3.05, 3.63) is 24.3 Å². The molecule has 0 spiro atoms. The second-order valence-electron chi connectivity index (χ2n) is 7.17. The molecule has 0 amide bonds. The Bertz CT molecular complexity index is 544. The maximum Gasteiger partial charge on any atom is 0.329 e. The van der Waals surface area contributed by atoms with Gasteiger partial charge in [0.2, 0.25) is 0 Å². The van der Waals surface area contributed by atoms with Crippen molar-refractivity contribution < 1.29 is 19.1 Å². The first kappa shape index (κ1) is 24.0. The van der Waals surface area contributed by atoms with Gasteiger partial charge in [-0.3, -0.25) is 0 Å². The summed E-state index contributed by atoms with van der Waals surface area (Å²) in [7, 11) is 1.61. The van der Waals surface area contributed by atoms with Crippen molar-refractivity contribution in [1.29, 1.82) is 0 Å². The number of anilines is 1. The SMILES string of the molecule is CCCCCCCCCCC(C=O)C(Nc1ccc(OC)cc1)C(=O)OCC. The number of aldehydes is 1. The predicted octanol–water partition coefficient (Wildman–Crippen LogP) is 5.38. The van der Waals surface area contributed by atoms with Gasteiger partial charge in [-0.2, -0.15) is 0 Å². The Morgan fingerprint density at radius 3 is 2.14 bits per heavy atom. The third kappa shape index (κ3) is 9.25. The van der Waals surface area contributed by atoms with Crippen molar-refractivity contribution in [2.75, 3.05) is 19.0 Å². The molecule has 0 fully saturated rings. The molecule has 5 nitrogen and oxygen atoms in total. The summed E-state index contributed by atoms with van der Waals surface area (Å²) in [6.45, 7) is 4.29. The zero-order chi connectivity index (χ0) is 20.6. The first-order valence-corrected chi connectivity index (χ1v) is 10.7. The zero-order valence-electron chi connectivity index (χ0n) is 17.7. The lowest BCUT2D eigenvalue weighted by molar-refractivity contribution is -0.146. The molecule has 0 bridgehead atoms. The number of esters is 1. The van der Waals surface area contributed by atoms with Crippen molar-refractivity contribution in [2.45, 2.75) is 77.7 Å². The summed E-state index contributed by atoms with van der Waals surface area (Å²) < 4.78 is 10.4. The minimum Gasteiger partial charge on any atom is -0.497 e. The van der Waals surface area contributed by atoms with Gasteiger partial charge in [-0.15, -0.1) is 0 Å². The summed E-state index contributed by atoms with van der Waals surface area (Å²) in [5.74, 6) is -0.0414. The van der Waals surface area contributed by atoms with Crippen LogP contribution in [0.4, 0.5) is 5.69 Å². The van der Waals surface area contributed by atoms with Gasteiger partial charge in [-0.1, -0.05) is 58.3 Å². The molecule has 28 heavy (non-hydrogen) atoms. The standard InChI is InChI=1S/C23H37NO4/c1-4-6-7-8-9-10-11-12-13-19(18-25)22(23(26)28-5-2)24-20-14-16-21(27-3)17-15-20/h14-19,22,24H,4-13H2,1-3H3. The molecule has 5 heteroatoms. The second kappa shape index (κ2) is 14.9. The summed E-state index contributed by atoms with van der Waals surface area (Å²) in [6.07, 6.45) is 11.2. The molecule has 158 valence electrons. The van der Waals surface area contributed by atoms with Crippen LogP contribution in [0.15, 0.2) is 24.3 Å². The maximum atomic E-state index is 12.4. The third-order valence-corrected chi connectivity index (χ3v) is 4.95. The molecule has 0 aromatic heterocycles. The molecule has 0 aliphatic rings. The van der Waals surface area contributed by atoms with Crippen molar-refractivity contribution in [1.82, 2.24) is 0 Å². The molecule has 1 rings (SSSR count). The number of unbranched alkanes of at least 4 members (excludes halogenated alkanes) is 7. The average Bonchev–Trinajstić information content (AvgIpc) is 2.72. The third-order valence-electron chi connectivity index (χ3n) is 4.95. The van der Waals surface area contributed by atoms with Gasteiger partial charge >= 0.3 is 5.97 Å².